The molecule has 1 aliphatic rings. The maximum absolute atomic E-state index is 12.0. The van der Waals surface area contributed by atoms with Crippen molar-refractivity contribution in [1.29, 1.82) is 0 Å². The van der Waals surface area contributed by atoms with Crippen LogP contribution in [-0.2, 0) is 14.8 Å². The van der Waals surface area contributed by atoms with E-state index in [1.165, 1.54) is 4.31 Å². The van der Waals surface area contributed by atoms with Gasteiger partial charge in [0.15, 0.2) is 0 Å². The summed E-state index contributed by atoms with van der Waals surface area (Å²) >= 11 is 0. The molecule has 0 radical (unpaired) electrons. The average Bonchev–Trinajstić information content (AvgIpc) is 2.84. The highest BCUT2D eigenvalue weighted by atomic mass is 32.2. The van der Waals surface area contributed by atoms with Crippen molar-refractivity contribution in [2.75, 3.05) is 12.3 Å². The summed E-state index contributed by atoms with van der Waals surface area (Å²) in [5, 5.41) is 8.59. The van der Waals surface area contributed by atoms with Crippen LogP contribution in [0, 0.1) is 5.92 Å². The zero-order chi connectivity index (χ0) is 12.3. The normalized spacial score (nSPS) is 17.0. The van der Waals surface area contributed by atoms with Gasteiger partial charge in [0.25, 0.3) is 0 Å². The van der Waals surface area contributed by atoms with Crippen molar-refractivity contribution in [3.63, 3.8) is 0 Å². The lowest BCUT2D eigenvalue weighted by molar-refractivity contribution is -0.137. The average molecular weight is 249 g/mol. The second kappa shape index (κ2) is 5.14. The van der Waals surface area contributed by atoms with Crippen molar-refractivity contribution in [3.8, 4) is 0 Å². The molecule has 1 aliphatic carbocycles. The third-order valence-electron chi connectivity index (χ3n) is 2.40. The molecule has 1 saturated carbocycles. The topological polar surface area (TPSA) is 74.7 Å². The quantitative estimate of drug-likeness (QED) is 0.727. The molecule has 1 N–H and O–H groups in total. The van der Waals surface area contributed by atoms with Crippen LogP contribution in [-0.4, -0.2) is 42.1 Å². The van der Waals surface area contributed by atoms with Gasteiger partial charge in [0.05, 0.1) is 12.2 Å². The number of carboxylic acid groups (broad SMARTS) is 1. The van der Waals surface area contributed by atoms with Crippen LogP contribution in [0.3, 0.4) is 0 Å². The van der Waals surface area contributed by atoms with Crippen LogP contribution in [0.5, 0.6) is 0 Å². The van der Waals surface area contributed by atoms with Gasteiger partial charge in [-0.05, 0) is 18.8 Å². The van der Waals surface area contributed by atoms with E-state index in [1.54, 1.807) is 0 Å². The highest BCUT2D eigenvalue weighted by Gasteiger charge is 2.37. The first-order valence-electron chi connectivity index (χ1n) is 5.54. The molecule has 0 unspecified atom stereocenters. The second-order valence-corrected chi connectivity index (χ2v) is 6.62. The van der Waals surface area contributed by atoms with Crippen molar-refractivity contribution in [3.05, 3.63) is 0 Å². The Morgan fingerprint density at radius 3 is 2.38 bits per heavy atom. The lowest BCUT2D eigenvalue weighted by Gasteiger charge is -2.22. The molecule has 0 saturated heterocycles. The van der Waals surface area contributed by atoms with Crippen LogP contribution in [0.1, 0.15) is 33.1 Å². The monoisotopic (exact) mass is 249 g/mol. The summed E-state index contributed by atoms with van der Waals surface area (Å²) < 4.78 is 25.3. The third kappa shape index (κ3) is 4.09. The van der Waals surface area contributed by atoms with Crippen LogP contribution in [0.25, 0.3) is 0 Å². The van der Waals surface area contributed by atoms with Gasteiger partial charge in [0.2, 0.25) is 10.0 Å². The van der Waals surface area contributed by atoms with Gasteiger partial charge in [-0.1, -0.05) is 13.8 Å². The van der Waals surface area contributed by atoms with Gasteiger partial charge in [0, 0.05) is 12.6 Å². The summed E-state index contributed by atoms with van der Waals surface area (Å²) in [6.45, 7) is 3.80. The smallest absolute Gasteiger partial charge is 0.304 e. The summed E-state index contributed by atoms with van der Waals surface area (Å²) in [7, 11) is -3.28. The molecule has 94 valence electrons. The van der Waals surface area contributed by atoms with Gasteiger partial charge in [-0.2, -0.15) is 4.31 Å². The second-order valence-electron chi connectivity index (χ2n) is 4.66. The minimum atomic E-state index is -3.28. The highest BCUT2D eigenvalue weighted by Crippen LogP contribution is 2.30. The molecule has 0 amide bonds. The number of carboxylic acids is 1. The van der Waals surface area contributed by atoms with Crippen molar-refractivity contribution in [2.45, 2.75) is 39.2 Å². The fourth-order valence-corrected chi connectivity index (χ4v) is 3.70. The third-order valence-corrected chi connectivity index (χ3v) is 4.68. The molecule has 0 aromatic rings. The predicted octanol–water partition coefficient (Wildman–Crippen LogP) is 0.911. The van der Waals surface area contributed by atoms with Gasteiger partial charge >= 0.3 is 5.97 Å². The van der Waals surface area contributed by atoms with Crippen molar-refractivity contribution in [2.24, 2.45) is 5.92 Å². The number of hydrogen-bond donors (Lipinski definition) is 1. The summed E-state index contributed by atoms with van der Waals surface area (Å²) in [5.74, 6) is -0.787. The largest absolute Gasteiger partial charge is 0.481 e. The molecule has 0 heterocycles. The Labute approximate surface area is 96.5 Å². The molecule has 16 heavy (non-hydrogen) atoms. The molecule has 0 aromatic carbocycles. The van der Waals surface area contributed by atoms with Crippen LogP contribution >= 0.6 is 0 Å². The van der Waals surface area contributed by atoms with E-state index in [2.05, 4.69) is 0 Å². The van der Waals surface area contributed by atoms with E-state index >= 15 is 0 Å². The van der Waals surface area contributed by atoms with E-state index in [0.29, 0.717) is 0 Å². The fraction of sp³-hybridized carbons (Fsp3) is 0.900. The molecular weight excluding hydrogens is 230 g/mol. The Morgan fingerprint density at radius 2 is 2.00 bits per heavy atom. The van der Waals surface area contributed by atoms with Gasteiger partial charge in [-0.15, -0.1) is 0 Å². The molecule has 1 fully saturated rings. The molecule has 6 heteroatoms. The van der Waals surface area contributed by atoms with E-state index < -0.39 is 16.0 Å². The zero-order valence-corrected chi connectivity index (χ0v) is 10.5. The molecule has 0 bridgehead atoms. The minimum absolute atomic E-state index is 0.0445. The number of sulfonamides is 1. The maximum Gasteiger partial charge on any atom is 0.304 e. The maximum atomic E-state index is 12.0. The van der Waals surface area contributed by atoms with E-state index in [4.69, 9.17) is 5.11 Å². The molecule has 0 atom stereocenters. The molecular formula is C10H19NO4S. The molecule has 0 aromatic heterocycles. The fourth-order valence-electron chi connectivity index (χ4n) is 1.63. The number of hydrogen-bond acceptors (Lipinski definition) is 3. The first-order valence-corrected chi connectivity index (χ1v) is 7.15. The van der Waals surface area contributed by atoms with E-state index in [9.17, 15) is 13.2 Å². The van der Waals surface area contributed by atoms with Gasteiger partial charge in [-0.3, -0.25) is 4.79 Å². The zero-order valence-electron chi connectivity index (χ0n) is 9.72. The Hall–Kier alpha value is -0.620. The van der Waals surface area contributed by atoms with Crippen molar-refractivity contribution in [1.82, 2.24) is 4.31 Å². The number of aliphatic carboxylic acids is 1. The van der Waals surface area contributed by atoms with Crippen LogP contribution in [0.15, 0.2) is 0 Å². The van der Waals surface area contributed by atoms with E-state index in [-0.39, 0.29) is 30.7 Å². The Morgan fingerprint density at radius 1 is 1.44 bits per heavy atom. The lowest BCUT2D eigenvalue weighted by atomic mass is 10.3. The summed E-state index contributed by atoms with van der Waals surface area (Å²) in [5.41, 5.74) is 0. The summed E-state index contributed by atoms with van der Waals surface area (Å²) in [6.07, 6.45) is 1.60. The minimum Gasteiger partial charge on any atom is -0.481 e. The van der Waals surface area contributed by atoms with Crippen LogP contribution < -0.4 is 0 Å². The van der Waals surface area contributed by atoms with Gasteiger partial charge < -0.3 is 5.11 Å². The highest BCUT2D eigenvalue weighted by molar-refractivity contribution is 7.89. The first-order chi connectivity index (χ1) is 7.33. The first kappa shape index (κ1) is 13.4. The molecule has 0 spiro atoms. The molecule has 0 aliphatic heterocycles. The SMILES string of the molecule is CC(C)CS(=O)(=O)N(CCC(=O)O)C1CC1. The Kier molecular flexibility index (Phi) is 4.32. The van der Waals surface area contributed by atoms with Crippen molar-refractivity contribution < 1.29 is 18.3 Å². The Balaban J connectivity index is 2.65. The number of carbonyl (C=O) groups is 1. The molecule has 1 rings (SSSR count). The van der Waals surface area contributed by atoms with Crippen molar-refractivity contribution >= 4 is 16.0 Å². The summed E-state index contributed by atoms with van der Waals surface area (Å²) in [6, 6.07) is 0.0445. The number of rotatable bonds is 7. The Bertz CT molecular complexity index is 346. The van der Waals surface area contributed by atoms with E-state index in [1.807, 2.05) is 13.8 Å². The lowest BCUT2D eigenvalue weighted by Crippen LogP contribution is -2.37. The predicted molar refractivity (Wildman–Crippen MR) is 60.6 cm³/mol. The van der Waals surface area contributed by atoms with Crippen LogP contribution in [0.4, 0.5) is 0 Å². The molecule has 5 nitrogen and oxygen atoms in total. The number of nitrogens with zero attached hydrogens (tertiary/aromatic N) is 1. The summed E-state index contributed by atoms with van der Waals surface area (Å²) in [4.78, 5) is 10.5. The standard InChI is InChI=1S/C10H19NO4S/c1-8(2)7-16(14,15)11(9-3-4-9)6-5-10(12)13/h8-9H,3-7H2,1-2H3,(H,12,13). The van der Waals surface area contributed by atoms with E-state index in [0.717, 1.165) is 12.8 Å². The van der Waals surface area contributed by atoms with Crippen LogP contribution in [0.2, 0.25) is 0 Å². The van der Waals surface area contributed by atoms with Gasteiger partial charge in [-0.25, -0.2) is 8.42 Å². The van der Waals surface area contributed by atoms with Gasteiger partial charge in [0.1, 0.15) is 0 Å².